The van der Waals surface area contributed by atoms with Crippen LogP contribution < -0.4 is 10.6 Å². The van der Waals surface area contributed by atoms with Gasteiger partial charge in [-0.2, -0.15) is 17.9 Å². The lowest BCUT2D eigenvalue weighted by molar-refractivity contribution is -0.141. The summed E-state index contributed by atoms with van der Waals surface area (Å²) in [6.45, 7) is 12.5. The van der Waals surface area contributed by atoms with Gasteiger partial charge >= 0.3 is 6.09 Å². The van der Waals surface area contributed by atoms with Crippen LogP contribution in [0.25, 0.3) is 0 Å². The molecule has 9 heteroatoms. The second kappa shape index (κ2) is 13.2. The lowest BCUT2D eigenvalue weighted by Crippen LogP contribution is -2.54. The Morgan fingerprint density at radius 3 is 2.38 bits per heavy atom. The van der Waals surface area contributed by atoms with E-state index >= 15 is 0 Å². The van der Waals surface area contributed by atoms with Crippen LogP contribution in [0.2, 0.25) is 0 Å². The first-order chi connectivity index (χ1) is 15.8. The maximum Gasteiger partial charge on any atom is 0.408 e. The van der Waals surface area contributed by atoms with E-state index in [2.05, 4.69) is 23.3 Å². The number of hydrogen-bond donors (Lipinski definition) is 3. The molecule has 0 fully saturated rings. The first-order valence-electron chi connectivity index (χ1n) is 11.5. The maximum absolute atomic E-state index is 13.6. The highest BCUT2D eigenvalue weighted by molar-refractivity contribution is 7.80. The number of carbonyl (C=O) groups is 3. The van der Waals surface area contributed by atoms with Crippen LogP contribution >= 0.6 is 12.6 Å². The molecule has 0 saturated carbocycles. The van der Waals surface area contributed by atoms with E-state index in [9.17, 15) is 19.6 Å². The number of amides is 3. The van der Waals surface area contributed by atoms with Crippen molar-refractivity contribution in [2.24, 2.45) is 0 Å². The van der Waals surface area contributed by atoms with Gasteiger partial charge in [0.2, 0.25) is 11.8 Å². The molecule has 1 aromatic carbocycles. The van der Waals surface area contributed by atoms with Crippen molar-refractivity contribution in [3.63, 3.8) is 0 Å². The van der Waals surface area contributed by atoms with E-state index in [0.717, 1.165) is 24.0 Å². The zero-order valence-corrected chi connectivity index (χ0v) is 22.2. The number of benzene rings is 1. The molecule has 3 amide bonds. The topological polar surface area (TPSA) is 112 Å². The van der Waals surface area contributed by atoms with Crippen molar-refractivity contribution in [3.8, 4) is 6.07 Å². The second-order valence-corrected chi connectivity index (χ2v) is 9.83. The van der Waals surface area contributed by atoms with E-state index in [1.54, 1.807) is 20.8 Å². The number of nitrogens with one attached hydrogen (secondary N) is 2. The fraction of sp³-hybridized carbons (Fsp3) is 0.600. The molecule has 8 nitrogen and oxygen atoms in total. The second-order valence-electron chi connectivity index (χ2n) is 9.47. The van der Waals surface area contributed by atoms with E-state index in [4.69, 9.17) is 4.74 Å². The van der Waals surface area contributed by atoms with Crippen molar-refractivity contribution < 1.29 is 19.1 Å². The zero-order chi connectivity index (χ0) is 26.1. The Kier molecular flexibility index (Phi) is 11.4. The molecule has 1 rings (SSSR count). The molecule has 0 aliphatic carbocycles. The zero-order valence-electron chi connectivity index (χ0n) is 21.3. The van der Waals surface area contributed by atoms with E-state index < -0.39 is 29.7 Å². The number of thiol groups is 1. The fourth-order valence-corrected chi connectivity index (χ4v) is 3.79. The summed E-state index contributed by atoms with van der Waals surface area (Å²) in [5.41, 5.74) is 1.60. The molecule has 3 unspecified atom stereocenters. The Labute approximate surface area is 208 Å². The SMILES string of the molecule is CCCC(C)NC(=O)C(c1cc(C)ccc1C)N(CC#N)C(=O)C(CS)NC(=O)OC(C)(C)C. The molecule has 3 atom stereocenters. The van der Waals surface area contributed by atoms with Gasteiger partial charge < -0.3 is 20.3 Å². The van der Waals surface area contributed by atoms with Crippen molar-refractivity contribution in [1.82, 2.24) is 15.5 Å². The van der Waals surface area contributed by atoms with Crippen molar-refractivity contribution >= 4 is 30.5 Å². The fourth-order valence-electron chi connectivity index (χ4n) is 3.54. The average molecular weight is 491 g/mol. The molecular formula is C25H38N4O4S. The molecule has 0 aromatic heterocycles. The van der Waals surface area contributed by atoms with Crippen LogP contribution in [0, 0.1) is 25.2 Å². The predicted octanol–water partition coefficient (Wildman–Crippen LogP) is 3.82. The minimum atomic E-state index is -1.08. The molecule has 1 aromatic rings. The minimum absolute atomic E-state index is 0.0343. The Balaban J connectivity index is 3.43. The van der Waals surface area contributed by atoms with Gasteiger partial charge in [0.25, 0.3) is 0 Å². The van der Waals surface area contributed by atoms with Crippen LogP contribution in [-0.4, -0.2) is 52.8 Å². The number of hydrogen-bond acceptors (Lipinski definition) is 6. The molecule has 34 heavy (non-hydrogen) atoms. The van der Waals surface area contributed by atoms with Gasteiger partial charge in [-0.25, -0.2) is 4.79 Å². The molecule has 0 aliphatic heterocycles. The van der Waals surface area contributed by atoms with E-state index in [1.165, 1.54) is 4.90 Å². The lowest BCUT2D eigenvalue weighted by Gasteiger charge is -2.34. The highest BCUT2D eigenvalue weighted by atomic mass is 32.1. The summed E-state index contributed by atoms with van der Waals surface area (Å²) in [6.07, 6.45) is 0.885. The summed E-state index contributed by atoms with van der Waals surface area (Å²) in [5.74, 6) is -1.01. The molecular weight excluding hydrogens is 452 g/mol. The third kappa shape index (κ3) is 8.90. The van der Waals surface area contributed by atoms with Gasteiger partial charge in [-0.1, -0.05) is 37.1 Å². The third-order valence-electron chi connectivity index (χ3n) is 5.10. The highest BCUT2D eigenvalue weighted by Gasteiger charge is 2.37. The van der Waals surface area contributed by atoms with Crippen LogP contribution in [0.5, 0.6) is 0 Å². The Morgan fingerprint density at radius 2 is 1.85 bits per heavy atom. The summed E-state index contributed by atoms with van der Waals surface area (Å²) in [6, 6.07) is 5.40. The monoisotopic (exact) mass is 490 g/mol. The van der Waals surface area contributed by atoms with Crippen LogP contribution in [-0.2, 0) is 14.3 Å². The van der Waals surface area contributed by atoms with E-state index in [1.807, 2.05) is 52.0 Å². The van der Waals surface area contributed by atoms with Crippen molar-refractivity contribution in [1.29, 1.82) is 5.26 Å². The molecule has 0 heterocycles. The van der Waals surface area contributed by atoms with Gasteiger partial charge in [0.15, 0.2) is 0 Å². The molecule has 0 aliphatic rings. The molecule has 2 N–H and O–H groups in total. The number of nitrogens with zero attached hydrogens (tertiary/aromatic N) is 2. The normalized spacial score (nSPS) is 13.7. The smallest absolute Gasteiger partial charge is 0.408 e. The summed E-state index contributed by atoms with van der Waals surface area (Å²) in [4.78, 5) is 40.6. The summed E-state index contributed by atoms with van der Waals surface area (Å²) < 4.78 is 5.27. The number of rotatable bonds is 10. The predicted molar refractivity (Wildman–Crippen MR) is 136 cm³/mol. The summed E-state index contributed by atoms with van der Waals surface area (Å²) >= 11 is 4.23. The Hall–Kier alpha value is -2.73. The van der Waals surface area contributed by atoms with Crippen LogP contribution in [0.4, 0.5) is 4.79 Å². The highest BCUT2D eigenvalue weighted by Crippen LogP contribution is 2.27. The number of alkyl carbamates (subject to hydrolysis) is 1. The first-order valence-corrected chi connectivity index (χ1v) is 12.1. The standard InChI is InChI=1S/C25H38N4O4S/c1-8-9-18(4)27-22(30)21(19-14-16(2)10-11-17(19)3)29(13-12-26)23(31)20(15-34)28-24(32)33-25(5,6)7/h10-11,14,18,20-21,34H,8-9,13,15H2,1-7H3,(H,27,30)(H,28,32). The van der Waals surface area contributed by atoms with Crippen LogP contribution in [0.1, 0.15) is 70.2 Å². The van der Waals surface area contributed by atoms with E-state index in [0.29, 0.717) is 5.56 Å². The summed E-state index contributed by atoms with van der Waals surface area (Å²) in [5, 5.41) is 15.0. The summed E-state index contributed by atoms with van der Waals surface area (Å²) in [7, 11) is 0. The van der Waals surface area contributed by atoms with Gasteiger partial charge in [0.05, 0.1) is 6.07 Å². The van der Waals surface area contributed by atoms with Crippen LogP contribution in [0.3, 0.4) is 0 Å². The largest absolute Gasteiger partial charge is 0.444 e. The number of carbonyl (C=O) groups excluding carboxylic acids is 3. The minimum Gasteiger partial charge on any atom is -0.444 e. The number of aryl methyl sites for hydroxylation is 2. The maximum atomic E-state index is 13.6. The number of ether oxygens (including phenoxy) is 1. The van der Waals surface area contributed by atoms with E-state index in [-0.39, 0.29) is 24.2 Å². The van der Waals surface area contributed by atoms with Crippen molar-refractivity contribution in [3.05, 3.63) is 34.9 Å². The lowest BCUT2D eigenvalue weighted by atomic mass is 9.96. The van der Waals surface area contributed by atoms with Crippen molar-refractivity contribution in [2.45, 2.75) is 85.0 Å². The molecule has 0 saturated heterocycles. The Bertz CT molecular complexity index is 907. The number of nitriles is 1. The quantitative estimate of drug-likeness (QED) is 0.341. The van der Waals surface area contributed by atoms with Crippen molar-refractivity contribution in [2.75, 3.05) is 12.3 Å². The molecule has 188 valence electrons. The average Bonchev–Trinajstić information content (AvgIpc) is 2.72. The van der Waals surface area contributed by atoms with Gasteiger partial charge in [-0.15, -0.1) is 0 Å². The third-order valence-corrected chi connectivity index (χ3v) is 5.46. The van der Waals surface area contributed by atoms with Crippen LogP contribution in [0.15, 0.2) is 18.2 Å². The first kappa shape index (κ1) is 29.3. The molecule has 0 radical (unpaired) electrons. The van der Waals surface area contributed by atoms with Gasteiger partial charge in [0, 0.05) is 11.8 Å². The molecule has 0 bridgehead atoms. The molecule has 0 spiro atoms. The van der Waals surface area contributed by atoms with Gasteiger partial charge in [0.1, 0.15) is 24.2 Å². The van der Waals surface area contributed by atoms with Gasteiger partial charge in [-0.3, -0.25) is 9.59 Å². The van der Waals surface area contributed by atoms with Gasteiger partial charge in [-0.05, 0) is 59.1 Å². The Morgan fingerprint density at radius 1 is 1.21 bits per heavy atom.